The molecule has 2 amide bonds. The predicted molar refractivity (Wildman–Crippen MR) is 179 cm³/mol. The van der Waals surface area contributed by atoms with E-state index in [0.29, 0.717) is 22.4 Å². The van der Waals surface area contributed by atoms with Crippen LogP contribution in [0.4, 0.5) is 18.9 Å². The molecule has 4 aromatic rings. The van der Waals surface area contributed by atoms with Gasteiger partial charge in [0.15, 0.2) is 0 Å². The molecule has 248 valence electrons. The van der Waals surface area contributed by atoms with Crippen LogP contribution in [0.3, 0.4) is 0 Å². The largest absolute Gasteiger partial charge is 0.416 e. The minimum Gasteiger partial charge on any atom is -0.352 e. The first-order valence-electron chi connectivity index (χ1n) is 14.9. The van der Waals surface area contributed by atoms with E-state index in [9.17, 15) is 31.2 Å². The Morgan fingerprint density at radius 2 is 1.47 bits per heavy atom. The van der Waals surface area contributed by atoms with E-state index in [1.54, 1.807) is 42.5 Å². The van der Waals surface area contributed by atoms with Crippen molar-refractivity contribution in [3.8, 4) is 0 Å². The quantitative estimate of drug-likeness (QED) is 0.158. The number of nitrogens with one attached hydrogen (secondary N) is 1. The Labute approximate surface area is 281 Å². The predicted octanol–water partition coefficient (Wildman–Crippen LogP) is 7.22. The number of benzene rings is 4. The molecule has 0 radical (unpaired) electrons. The van der Waals surface area contributed by atoms with Crippen molar-refractivity contribution in [2.24, 2.45) is 0 Å². The van der Waals surface area contributed by atoms with Gasteiger partial charge in [0.05, 0.1) is 16.1 Å². The van der Waals surface area contributed by atoms with Gasteiger partial charge < -0.3 is 10.2 Å². The van der Waals surface area contributed by atoms with E-state index in [1.807, 2.05) is 32.0 Å². The minimum absolute atomic E-state index is 0.0779. The first-order valence-corrected chi connectivity index (χ1v) is 17.2. The molecule has 0 saturated carbocycles. The molecule has 2 atom stereocenters. The van der Waals surface area contributed by atoms with E-state index in [2.05, 4.69) is 21.2 Å². The number of sulfonamides is 1. The summed E-state index contributed by atoms with van der Waals surface area (Å²) in [4.78, 5) is 29.4. The van der Waals surface area contributed by atoms with Crippen LogP contribution < -0.4 is 9.62 Å². The Morgan fingerprint density at radius 1 is 0.851 bits per heavy atom. The Balaban J connectivity index is 1.84. The van der Waals surface area contributed by atoms with Crippen molar-refractivity contribution in [3.05, 3.63) is 130 Å². The molecule has 0 aromatic heterocycles. The van der Waals surface area contributed by atoms with Crippen LogP contribution >= 0.6 is 15.9 Å². The van der Waals surface area contributed by atoms with Crippen LogP contribution in [0.2, 0.25) is 0 Å². The highest BCUT2D eigenvalue weighted by Gasteiger charge is 2.36. The lowest BCUT2D eigenvalue weighted by atomic mass is 10.0. The van der Waals surface area contributed by atoms with E-state index in [4.69, 9.17) is 0 Å². The Kier molecular flexibility index (Phi) is 11.9. The first kappa shape index (κ1) is 35.7. The molecule has 0 aliphatic rings. The lowest BCUT2D eigenvalue weighted by molar-refractivity contribution is -0.140. The number of carbonyl (C=O) groups is 2. The molecule has 4 rings (SSSR count). The molecule has 0 unspecified atom stereocenters. The summed E-state index contributed by atoms with van der Waals surface area (Å²) in [5.41, 5.74) is -0.00571. The van der Waals surface area contributed by atoms with Gasteiger partial charge in [0, 0.05) is 23.5 Å². The number of halogens is 4. The molecule has 1 N–H and O–H groups in total. The fraction of sp³-hybridized carbons (Fsp3) is 0.257. The highest BCUT2D eigenvalue weighted by atomic mass is 79.9. The second kappa shape index (κ2) is 15.6. The zero-order valence-electron chi connectivity index (χ0n) is 25.8. The Morgan fingerprint density at radius 3 is 2.09 bits per heavy atom. The summed E-state index contributed by atoms with van der Waals surface area (Å²) < 4.78 is 70.7. The van der Waals surface area contributed by atoms with Crippen molar-refractivity contribution in [2.75, 3.05) is 10.8 Å². The van der Waals surface area contributed by atoms with Crippen molar-refractivity contribution in [1.82, 2.24) is 10.2 Å². The van der Waals surface area contributed by atoms with Crippen LogP contribution in [-0.2, 0) is 38.8 Å². The lowest BCUT2D eigenvalue weighted by Crippen LogP contribution is -2.54. The van der Waals surface area contributed by atoms with Crippen LogP contribution in [0, 0.1) is 0 Å². The summed E-state index contributed by atoms with van der Waals surface area (Å²) in [6.07, 6.45) is -4.02. The Bertz CT molecular complexity index is 1770. The SMILES string of the molecule is CC[C@H](C)NC(=O)[C@@H](Cc1ccccc1)N(Cc1cccc(Br)c1)C(=O)CN(c1cccc(C(F)(F)F)c1)S(=O)(=O)c1ccccc1. The molecule has 0 aliphatic heterocycles. The molecule has 0 spiro atoms. The summed E-state index contributed by atoms with van der Waals surface area (Å²) in [6.45, 7) is 2.79. The van der Waals surface area contributed by atoms with Crippen molar-refractivity contribution in [3.63, 3.8) is 0 Å². The third kappa shape index (κ3) is 9.45. The number of hydrogen-bond donors (Lipinski definition) is 1. The van der Waals surface area contributed by atoms with Crippen molar-refractivity contribution in [2.45, 2.75) is 56.4 Å². The fourth-order valence-electron chi connectivity index (χ4n) is 4.91. The summed E-state index contributed by atoms with van der Waals surface area (Å²) in [5.74, 6) is -1.22. The molecular formula is C35H35BrF3N3O4S. The van der Waals surface area contributed by atoms with E-state index in [0.717, 1.165) is 22.2 Å². The van der Waals surface area contributed by atoms with Crippen LogP contribution in [0.1, 0.15) is 37.0 Å². The van der Waals surface area contributed by atoms with Crippen molar-refractivity contribution >= 4 is 43.5 Å². The molecule has 0 fully saturated rings. The summed E-state index contributed by atoms with van der Waals surface area (Å²) >= 11 is 3.43. The lowest BCUT2D eigenvalue weighted by Gasteiger charge is -2.34. The van der Waals surface area contributed by atoms with Gasteiger partial charge in [0.25, 0.3) is 10.0 Å². The van der Waals surface area contributed by atoms with Crippen LogP contribution in [0.5, 0.6) is 0 Å². The molecule has 47 heavy (non-hydrogen) atoms. The van der Waals surface area contributed by atoms with Gasteiger partial charge in [-0.3, -0.25) is 13.9 Å². The van der Waals surface area contributed by atoms with Gasteiger partial charge in [-0.15, -0.1) is 0 Å². The average molecular weight is 731 g/mol. The molecular weight excluding hydrogens is 695 g/mol. The van der Waals surface area contributed by atoms with Crippen molar-refractivity contribution < 1.29 is 31.2 Å². The fourth-order valence-corrected chi connectivity index (χ4v) is 6.79. The molecule has 4 aromatic carbocycles. The maximum absolute atomic E-state index is 14.5. The maximum Gasteiger partial charge on any atom is 0.416 e. The van der Waals surface area contributed by atoms with Crippen molar-refractivity contribution in [1.29, 1.82) is 0 Å². The number of nitrogens with zero attached hydrogens (tertiary/aromatic N) is 2. The van der Waals surface area contributed by atoms with Gasteiger partial charge in [0.1, 0.15) is 12.6 Å². The van der Waals surface area contributed by atoms with Gasteiger partial charge in [0.2, 0.25) is 11.8 Å². The second-order valence-corrected chi connectivity index (χ2v) is 13.8. The number of hydrogen-bond acceptors (Lipinski definition) is 4. The third-order valence-electron chi connectivity index (χ3n) is 7.59. The normalized spacial score (nSPS) is 13.0. The number of carbonyl (C=O) groups excluding carboxylic acids is 2. The topological polar surface area (TPSA) is 86.8 Å². The summed E-state index contributed by atoms with van der Waals surface area (Å²) in [5, 5.41) is 2.95. The summed E-state index contributed by atoms with van der Waals surface area (Å²) in [6, 6.07) is 25.9. The molecule has 0 aliphatic carbocycles. The number of alkyl halides is 3. The van der Waals surface area contributed by atoms with Crippen LogP contribution in [0.15, 0.2) is 119 Å². The van der Waals surface area contributed by atoms with Gasteiger partial charge >= 0.3 is 6.18 Å². The average Bonchev–Trinajstić information content (AvgIpc) is 3.05. The zero-order chi connectivity index (χ0) is 34.2. The third-order valence-corrected chi connectivity index (χ3v) is 9.87. The van der Waals surface area contributed by atoms with E-state index in [1.165, 1.54) is 35.2 Å². The van der Waals surface area contributed by atoms with Gasteiger partial charge in [-0.1, -0.05) is 89.6 Å². The smallest absolute Gasteiger partial charge is 0.352 e. The highest BCUT2D eigenvalue weighted by molar-refractivity contribution is 9.10. The maximum atomic E-state index is 14.5. The molecule has 0 bridgehead atoms. The molecule has 0 heterocycles. The van der Waals surface area contributed by atoms with Gasteiger partial charge in [-0.2, -0.15) is 13.2 Å². The van der Waals surface area contributed by atoms with E-state index < -0.39 is 46.2 Å². The first-order chi connectivity index (χ1) is 22.3. The number of anilines is 1. The Hall–Kier alpha value is -4.16. The highest BCUT2D eigenvalue weighted by Crippen LogP contribution is 2.33. The second-order valence-electron chi connectivity index (χ2n) is 11.0. The monoisotopic (exact) mass is 729 g/mol. The zero-order valence-corrected chi connectivity index (χ0v) is 28.2. The molecule has 0 saturated heterocycles. The summed E-state index contributed by atoms with van der Waals surface area (Å²) in [7, 11) is -4.54. The number of amides is 2. The minimum atomic E-state index is -4.76. The van der Waals surface area contributed by atoms with Crippen LogP contribution in [0.25, 0.3) is 0 Å². The van der Waals surface area contributed by atoms with Gasteiger partial charge in [-0.25, -0.2) is 8.42 Å². The van der Waals surface area contributed by atoms with E-state index in [-0.39, 0.29) is 29.6 Å². The van der Waals surface area contributed by atoms with Crippen LogP contribution in [-0.4, -0.2) is 43.8 Å². The number of rotatable bonds is 13. The van der Waals surface area contributed by atoms with E-state index >= 15 is 0 Å². The molecule has 7 nitrogen and oxygen atoms in total. The standard InChI is InChI=1S/C35H35BrF3N3O4S/c1-3-25(2)40-34(44)32(21-26-12-6-4-7-13-26)41(23-27-14-10-16-29(36)20-27)33(43)24-42(47(45,46)31-18-8-5-9-19-31)30-17-11-15-28(22-30)35(37,38)39/h4-20,22,25,32H,3,21,23-24H2,1-2H3,(H,40,44)/t25-,32+/m0/s1. The molecule has 12 heteroatoms. The van der Waals surface area contributed by atoms with Gasteiger partial charge in [-0.05, 0) is 66.9 Å².